The maximum absolute atomic E-state index is 11.8. The summed E-state index contributed by atoms with van der Waals surface area (Å²) in [5.41, 5.74) is 6.02. The van der Waals surface area contributed by atoms with Crippen LogP contribution in [0.2, 0.25) is 0 Å². The Balaban J connectivity index is 3.24. The first-order valence-electron chi connectivity index (χ1n) is 6.40. The van der Waals surface area contributed by atoms with E-state index >= 15 is 0 Å². The first-order chi connectivity index (χ1) is 10.1. The fourth-order valence-electron chi connectivity index (χ4n) is 1.97. The van der Waals surface area contributed by atoms with Crippen LogP contribution < -0.4 is 25.3 Å². The molecule has 1 aromatic rings. The van der Waals surface area contributed by atoms with E-state index < -0.39 is 11.9 Å². The van der Waals surface area contributed by atoms with E-state index in [0.717, 1.165) is 0 Å². The van der Waals surface area contributed by atoms with Gasteiger partial charge in [-0.25, -0.2) is 0 Å². The van der Waals surface area contributed by atoms with Crippen LogP contribution in [0.3, 0.4) is 0 Å². The van der Waals surface area contributed by atoms with E-state index in [1.54, 1.807) is 19.2 Å². The lowest BCUT2D eigenvalue weighted by atomic mass is 10.0. The van der Waals surface area contributed by atoms with E-state index in [1.165, 1.54) is 21.3 Å². The summed E-state index contributed by atoms with van der Waals surface area (Å²) in [6, 6.07) is 2.59. The minimum atomic E-state index is -0.754. The smallest absolute Gasteiger partial charge is 0.239 e. The number of ether oxygens (including phenoxy) is 4. The Morgan fingerprint density at radius 2 is 1.71 bits per heavy atom. The van der Waals surface area contributed by atoms with Gasteiger partial charge in [-0.05, 0) is 0 Å². The van der Waals surface area contributed by atoms with Gasteiger partial charge in [-0.2, -0.15) is 0 Å². The molecule has 1 atom stereocenters. The molecule has 0 aliphatic carbocycles. The van der Waals surface area contributed by atoms with Gasteiger partial charge in [-0.3, -0.25) is 10.1 Å². The molecule has 21 heavy (non-hydrogen) atoms. The van der Waals surface area contributed by atoms with Crippen LogP contribution in [0.15, 0.2) is 12.1 Å². The largest absolute Gasteiger partial charge is 0.496 e. The monoisotopic (exact) mass is 298 g/mol. The Morgan fingerprint density at radius 1 is 1.14 bits per heavy atom. The fraction of sp³-hybridized carbons (Fsp3) is 0.500. The molecule has 0 bridgehead atoms. The number of carbonyl (C=O) groups is 1. The van der Waals surface area contributed by atoms with E-state index in [2.05, 4.69) is 5.32 Å². The van der Waals surface area contributed by atoms with Crippen LogP contribution in [0, 0.1) is 0 Å². The number of amides is 1. The van der Waals surface area contributed by atoms with Crippen LogP contribution >= 0.6 is 0 Å². The molecule has 1 amide bonds. The van der Waals surface area contributed by atoms with E-state index in [9.17, 15) is 4.79 Å². The first kappa shape index (κ1) is 17.1. The van der Waals surface area contributed by atoms with Crippen molar-refractivity contribution in [2.45, 2.75) is 6.04 Å². The van der Waals surface area contributed by atoms with E-state index in [1.807, 2.05) is 0 Å². The third kappa shape index (κ3) is 4.24. The van der Waals surface area contributed by atoms with Crippen molar-refractivity contribution in [1.29, 1.82) is 0 Å². The van der Waals surface area contributed by atoms with Gasteiger partial charge in [0.25, 0.3) is 0 Å². The fourth-order valence-corrected chi connectivity index (χ4v) is 1.97. The van der Waals surface area contributed by atoms with Gasteiger partial charge < -0.3 is 24.7 Å². The Morgan fingerprint density at radius 3 is 2.10 bits per heavy atom. The quantitative estimate of drug-likeness (QED) is 0.644. The third-order valence-electron chi connectivity index (χ3n) is 2.98. The summed E-state index contributed by atoms with van der Waals surface area (Å²) in [6.45, 7) is 0.910. The lowest BCUT2D eigenvalue weighted by Crippen LogP contribution is -2.36. The van der Waals surface area contributed by atoms with Gasteiger partial charge in [-0.1, -0.05) is 0 Å². The van der Waals surface area contributed by atoms with Crippen molar-refractivity contribution in [2.75, 3.05) is 41.6 Å². The second kappa shape index (κ2) is 8.33. The normalized spacial score (nSPS) is 11.8. The van der Waals surface area contributed by atoms with Gasteiger partial charge in [0, 0.05) is 25.8 Å². The lowest BCUT2D eigenvalue weighted by Gasteiger charge is -2.21. The molecule has 7 heteroatoms. The highest BCUT2D eigenvalue weighted by Crippen LogP contribution is 2.38. The standard InChI is InChI=1S/C14H22N2O5/c1-18-6-5-16-13(14(15)17)12-10(20-3)7-9(19-2)8-11(12)21-4/h7-8,13,16H,5-6H2,1-4H3,(H2,15,17). The molecular formula is C14H22N2O5. The zero-order valence-electron chi connectivity index (χ0n) is 12.8. The van der Waals surface area contributed by atoms with Crippen LogP contribution in [-0.4, -0.2) is 47.5 Å². The zero-order valence-corrected chi connectivity index (χ0v) is 12.8. The molecule has 0 spiro atoms. The Labute approximate surface area is 124 Å². The van der Waals surface area contributed by atoms with Gasteiger partial charge in [0.15, 0.2) is 0 Å². The molecule has 1 rings (SSSR count). The molecule has 0 saturated carbocycles. The Bertz CT molecular complexity index is 453. The first-order valence-corrected chi connectivity index (χ1v) is 6.40. The van der Waals surface area contributed by atoms with Crippen LogP contribution in [0.1, 0.15) is 11.6 Å². The molecule has 0 fully saturated rings. The molecular weight excluding hydrogens is 276 g/mol. The van der Waals surface area contributed by atoms with Crippen molar-refractivity contribution in [3.05, 3.63) is 17.7 Å². The topological polar surface area (TPSA) is 92.0 Å². The number of nitrogens with one attached hydrogen (secondary N) is 1. The number of hydrogen-bond acceptors (Lipinski definition) is 6. The second-order valence-corrected chi connectivity index (χ2v) is 4.23. The number of methoxy groups -OCH3 is 4. The molecule has 0 heterocycles. The molecule has 0 radical (unpaired) electrons. The van der Waals surface area contributed by atoms with Gasteiger partial charge >= 0.3 is 0 Å². The van der Waals surface area contributed by atoms with E-state index in [0.29, 0.717) is 36.0 Å². The number of hydrogen-bond donors (Lipinski definition) is 2. The van der Waals surface area contributed by atoms with Crippen LogP contribution in [0.5, 0.6) is 17.2 Å². The van der Waals surface area contributed by atoms with Crippen molar-refractivity contribution in [1.82, 2.24) is 5.32 Å². The SMILES string of the molecule is COCCNC(C(N)=O)c1c(OC)cc(OC)cc1OC. The number of primary amides is 1. The van der Waals surface area contributed by atoms with Crippen molar-refractivity contribution in [3.63, 3.8) is 0 Å². The molecule has 3 N–H and O–H groups in total. The summed E-state index contributed by atoms with van der Waals surface area (Å²) in [7, 11) is 6.13. The number of benzene rings is 1. The zero-order chi connectivity index (χ0) is 15.8. The second-order valence-electron chi connectivity index (χ2n) is 4.23. The summed E-state index contributed by atoms with van der Waals surface area (Å²) in [5, 5.41) is 3.02. The summed E-state index contributed by atoms with van der Waals surface area (Å²) in [5.74, 6) is 0.945. The predicted molar refractivity (Wildman–Crippen MR) is 77.9 cm³/mol. The van der Waals surface area contributed by atoms with Gasteiger partial charge in [0.05, 0.1) is 33.5 Å². The molecule has 0 saturated heterocycles. The number of carbonyl (C=O) groups excluding carboxylic acids is 1. The van der Waals surface area contributed by atoms with Gasteiger partial charge in [0.2, 0.25) is 5.91 Å². The molecule has 0 aliphatic rings. The van der Waals surface area contributed by atoms with Crippen LogP contribution in [0.25, 0.3) is 0 Å². The third-order valence-corrected chi connectivity index (χ3v) is 2.98. The van der Waals surface area contributed by atoms with Crippen LogP contribution in [-0.2, 0) is 9.53 Å². The number of rotatable bonds is 9. The average molecular weight is 298 g/mol. The molecule has 1 unspecified atom stereocenters. The van der Waals surface area contributed by atoms with Crippen LogP contribution in [0.4, 0.5) is 0 Å². The molecule has 0 aromatic heterocycles. The maximum atomic E-state index is 11.8. The minimum absolute atomic E-state index is 0.449. The average Bonchev–Trinajstić information content (AvgIpc) is 2.50. The van der Waals surface area contributed by atoms with Crippen molar-refractivity contribution >= 4 is 5.91 Å². The van der Waals surface area contributed by atoms with Crippen molar-refractivity contribution in [3.8, 4) is 17.2 Å². The lowest BCUT2D eigenvalue weighted by molar-refractivity contribution is -0.120. The predicted octanol–water partition coefficient (Wildman–Crippen LogP) is 0.475. The molecule has 1 aromatic carbocycles. The minimum Gasteiger partial charge on any atom is -0.496 e. The molecule has 7 nitrogen and oxygen atoms in total. The highest BCUT2D eigenvalue weighted by Gasteiger charge is 2.26. The Kier molecular flexibility index (Phi) is 6.77. The molecule has 118 valence electrons. The van der Waals surface area contributed by atoms with E-state index in [4.69, 9.17) is 24.7 Å². The van der Waals surface area contributed by atoms with Gasteiger partial charge in [0.1, 0.15) is 23.3 Å². The van der Waals surface area contributed by atoms with Gasteiger partial charge in [-0.15, -0.1) is 0 Å². The van der Waals surface area contributed by atoms with Crippen molar-refractivity contribution < 1.29 is 23.7 Å². The Hall–Kier alpha value is -1.99. The highest BCUT2D eigenvalue weighted by molar-refractivity contribution is 5.83. The maximum Gasteiger partial charge on any atom is 0.239 e. The van der Waals surface area contributed by atoms with Crippen molar-refractivity contribution in [2.24, 2.45) is 5.73 Å². The summed E-state index contributed by atoms with van der Waals surface area (Å²) >= 11 is 0. The molecule has 0 aliphatic heterocycles. The highest BCUT2D eigenvalue weighted by atomic mass is 16.5. The summed E-state index contributed by atoms with van der Waals surface area (Å²) < 4.78 is 20.8. The summed E-state index contributed by atoms with van der Waals surface area (Å²) in [4.78, 5) is 11.8. The summed E-state index contributed by atoms with van der Waals surface area (Å²) in [6.07, 6.45) is 0. The van der Waals surface area contributed by atoms with E-state index in [-0.39, 0.29) is 0 Å². The number of nitrogens with two attached hydrogens (primary N) is 1.